The molecule has 1 aromatic rings. The Bertz CT molecular complexity index is 686. The molecule has 0 N–H and O–H groups in total. The van der Waals surface area contributed by atoms with Gasteiger partial charge in [0, 0.05) is 34.7 Å². The van der Waals surface area contributed by atoms with Crippen LogP contribution in [0.5, 0.6) is 0 Å². The van der Waals surface area contributed by atoms with Gasteiger partial charge >= 0.3 is 0 Å². The molecule has 0 fully saturated rings. The summed E-state index contributed by atoms with van der Waals surface area (Å²) in [5.74, 6) is -0.497. The van der Waals surface area contributed by atoms with Crippen LogP contribution in [-0.2, 0) is 0 Å². The molecule has 3 rings (SSSR count). The molecule has 6 heteroatoms. The van der Waals surface area contributed by atoms with Gasteiger partial charge in [0.25, 0.3) is 4.87 Å². The van der Waals surface area contributed by atoms with Gasteiger partial charge in [0.15, 0.2) is 0 Å². The smallest absolute Gasteiger partial charge is 0.289 e. The Kier molecular flexibility index (Phi) is 3.63. The number of nitro groups is 1. The lowest BCUT2D eigenvalue weighted by molar-refractivity contribution is -0.532. The van der Waals surface area contributed by atoms with Crippen molar-refractivity contribution in [3.8, 4) is 0 Å². The number of allylic oxidation sites excluding steroid dienone is 2. The standard InChI is InChI=1S/C15H13ClN2O2S/c16-11-5-4-10-8-17-9-13(12(10)7-11)14-3-1-2-6-15(14,21)18(19)20/h1-8,13-14,21H,9H2. The largest absolute Gasteiger partial charge is 0.292 e. The van der Waals surface area contributed by atoms with Crippen LogP contribution in [0, 0.1) is 16.0 Å². The van der Waals surface area contributed by atoms with E-state index < -0.39 is 4.87 Å². The molecule has 21 heavy (non-hydrogen) atoms. The summed E-state index contributed by atoms with van der Waals surface area (Å²) in [6, 6.07) is 5.56. The van der Waals surface area contributed by atoms with E-state index in [4.69, 9.17) is 11.6 Å². The summed E-state index contributed by atoms with van der Waals surface area (Å²) in [6.07, 6.45) is 8.65. The Hall–Kier alpha value is -1.59. The summed E-state index contributed by atoms with van der Waals surface area (Å²) in [4.78, 5) is 14.1. The third kappa shape index (κ3) is 2.40. The van der Waals surface area contributed by atoms with Crippen LogP contribution in [0.25, 0.3) is 0 Å². The molecule has 0 aromatic heterocycles. The van der Waals surface area contributed by atoms with Gasteiger partial charge in [-0.25, -0.2) is 0 Å². The quantitative estimate of drug-likeness (QED) is 0.392. The van der Waals surface area contributed by atoms with Crippen LogP contribution >= 0.6 is 24.2 Å². The van der Waals surface area contributed by atoms with E-state index in [2.05, 4.69) is 17.6 Å². The maximum absolute atomic E-state index is 11.5. The van der Waals surface area contributed by atoms with Crippen molar-refractivity contribution in [1.29, 1.82) is 0 Å². The minimum atomic E-state index is -1.42. The average molecular weight is 321 g/mol. The van der Waals surface area contributed by atoms with Gasteiger partial charge in [-0.2, -0.15) is 0 Å². The zero-order valence-corrected chi connectivity index (χ0v) is 12.7. The topological polar surface area (TPSA) is 55.5 Å². The van der Waals surface area contributed by atoms with E-state index in [1.165, 1.54) is 6.08 Å². The lowest BCUT2D eigenvalue weighted by Gasteiger charge is -2.34. The highest BCUT2D eigenvalue weighted by Gasteiger charge is 2.49. The Morgan fingerprint density at radius 3 is 3.00 bits per heavy atom. The van der Waals surface area contributed by atoms with Gasteiger partial charge in [0.05, 0.1) is 5.92 Å². The first-order chi connectivity index (χ1) is 10.0. The number of aliphatic imine (C=N–C) groups is 1. The predicted octanol–water partition coefficient (Wildman–Crippen LogP) is 3.50. The molecule has 0 saturated heterocycles. The molecule has 0 bridgehead atoms. The molecule has 3 unspecified atom stereocenters. The van der Waals surface area contributed by atoms with E-state index in [-0.39, 0.29) is 16.8 Å². The molecule has 0 spiro atoms. The number of nitrogens with zero attached hydrogens (tertiary/aromatic N) is 2. The van der Waals surface area contributed by atoms with Crippen molar-refractivity contribution in [3.63, 3.8) is 0 Å². The van der Waals surface area contributed by atoms with Crippen LogP contribution in [0.3, 0.4) is 0 Å². The molecule has 108 valence electrons. The SMILES string of the molecule is O=[N+]([O-])C1(S)C=CC=CC1C1CN=Cc2ccc(Cl)cc21. The Morgan fingerprint density at radius 2 is 2.24 bits per heavy atom. The van der Waals surface area contributed by atoms with Gasteiger partial charge in [0.1, 0.15) is 0 Å². The highest BCUT2D eigenvalue weighted by atomic mass is 35.5. The first-order valence-corrected chi connectivity index (χ1v) is 7.37. The van der Waals surface area contributed by atoms with E-state index in [0.29, 0.717) is 11.6 Å². The minimum Gasteiger partial charge on any atom is -0.292 e. The average Bonchev–Trinajstić information content (AvgIpc) is 2.47. The molecule has 2 aliphatic rings. The van der Waals surface area contributed by atoms with Crippen LogP contribution in [0.15, 0.2) is 47.5 Å². The molecule has 1 aliphatic heterocycles. The van der Waals surface area contributed by atoms with E-state index in [9.17, 15) is 10.1 Å². The van der Waals surface area contributed by atoms with Crippen molar-refractivity contribution in [2.45, 2.75) is 10.8 Å². The second-order valence-electron chi connectivity index (χ2n) is 5.18. The molecule has 0 amide bonds. The maximum Gasteiger partial charge on any atom is 0.289 e. The van der Waals surface area contributed by atoms with E-state index in [1.807, 2.05) is 24.3 Å². The van der Waals surface area contributed by atoms with E-state index in [0.717, 1.165) is 11.1 Å². The zero-order chi connectivity index (χ0) is 15.0. The van der Waals surface area contributed by atoms with Gasteiger partial charge in [-0.1, -0.05) is 48.5 Å². The Balaban J connectivity index is 2.07. The number of benzene rings is 1. The maximum atomic E-state index is 11.5. The zero-order valence-electron chi connectivity index (χ0n) is 11.0. The predicted molar refractivity (Wildman–Crippen MR) is 87.1 cm³/mol. The molecule has 0 saturated carbocycles. The number of hydrogen-bond donors (Lipinski definition) is 1. The number of thiol groups is 1. The number of rotatable bonds is 2. The monoisotopic (exact) mass is 320 g/mol. The normalized spacial score (nSPS) is 30.2. The van der Waals surface area contributed by atoms with E-state index >= 15 is 0 Å². The van der Waals surface area contributed by atoms with Crippen molar-refractivity contribution in [2.75, 3.05) is 6.54 Å². The fraction of sp³-hybridized carbons (Fsp3) is 0.267. The molecule has 4 nitrogen and oxygen atoms in total. The molecule has 3 atom stereocenters. The summed E-state index contributed by atoms with van der Waals surface area (Å²) in [7, 11) is 0. The van der Waals surface area contributed by atoms with Crippen LogP contribution in [0.4, 0.5) is 0 Å². The van der Waals surface area contributed by atoms with Crippen molar-refractivity contribution in [2.24, 2.45) is 10.9 Å². The van der Waals surface area contributed by atoms with Gasteiger partial charge in [0.2, 0.25) is 0 Å². The molecule has 0 radical (unpaired) electrons. The molecular weight excluding hydrogens is 308 g/mol. The van der Waals surface area contributed by atoms with Gasteiger partial charge in [-0.05, 0) is 23.3 Å². The molecule has 1 heterocycles. The highest BCUT2D eigenvalue weighted by Crippen LogP contribution is 2.43. The van der Waals surface area contributed by atoms with Crippen LogP contribution in [0.1, 0.15) is 17.0 Å². The number of fused-ring (bicyclic) bond motifs is 1. The van der Waals surface area contributed by atoms with E-state index in [1.54, 1.807) is 18.4 Å². The lowest BCUT2D eigenvalue weighted by atomic mass is 9.76. The first-order valence-electron chi connectivity index (χ1n) is 6.54. The Labute approximate surface area is 132 Å². The van der Waals surface area contributed by atoms with Crippen molar-refractivity contribution in [1.82, 2.24) is 0 Å². The third-order valence-electron chi connectivity index (χ3n) is 3.97. The summed E-state index contributed by atoms with van der Waals surface area (Å²) in [5, 5.41) is 12.1. The summed E-state index contributed by atoms with van der Waals surface area (Å²) < 4.78 is 0. The van der Waals surface area contributed by atoms with Gasteiger partial charge in [-0.15, -0.1) is 0 Å². The molecule has 1 aromatic carbocycles. The first kappa shape index (κ1) is 14.4. The van der Waals surface area contributed by atoms with Gasteiger partial charge in [-0.3, -0.25) is 15.1 Å². The van der Waals surface area contributed by atoms with Crippen molar-refractivity contribution in [3.05, 3.63) is 68.8 Å². The van der Waals surface area contributed by atoms with Crippen molar-refractivity contribution < 1.29 is 4.92 Å². The fourth-order valence-corrected chi connectivity index (χ4v) is 3.43. The third-order valence-corrected chi connectivity index (χ3v) is 4.81. The van der Waals surface area contributed by atoms with Crippen molar-refractivity contribution >= 4 is 30.4 Å². The van der Waals surface area contributed by atoms with Crippen LogP contribution in [-0.4, -0.2) is 22.6 Å². The Morgan fingerprint density at radius 1 is 1.43 bits per heavy atom. The minimum absolute atomic E-state index is 0.118. The van der Waals surface area contributed by atoms with Crippen LogP contribution in [0.2, 0.25) is 5.02 Å². The lowest BCUT2D eigenvalue weighted by Crippen LogP contribution is -2.43. The van der Waals surface area contributed by atoms with Crippen LogP contribution < -0.4 is 0 Å². The number of hydrogen-bond acceptors (Lipinski definition) is 4. The molecular formula is C15H13ClN2O2S. The number of halogens is 1. The summed E-state index contributed by atoms with van der Waals surface area (Å²) >= 11 is 10.4. The fourth-order valence-electron chi connectivity index (χ4n) is 2.90. The van der Waals surface area contributed by atoms with Gasteiger partial charge < -0.3 is 0 Å². The summed E-state index contributed by atoms with van der Waals surface area (Å²) in [6.45, 7) is 0.492. The second kappa shape index (κ2) is 5.31. The second-order valence-corrected chi connectivity index (χ2v) is 6.34. The summed E-state index contributed by atoms with van der Waals surface area (Å²) in [5.41, 5.74) is 1.94. The molecule has 1 aliphatic carbocycles. The highest BCUT2D eigenvalue weighted by molar-refractivity contribution is 7.81.